The van der Waals surface area contributed by atoms with E-state index in [2.05, 4.69) is 15.4 Å². The summed E-state index contributed by atoms with van der Waals surface area (Å²) in [6.07, 6.45) is 4.79. The zero-order chi connectivity index (χ0) is 19.1. The second-order valence-electron chi connectivity index (χ2n) is 6.33. The van der Waals surface area contributed by atoms with Gasteiger partial charge >= 0.3 is 6.61 Å². The van der Waals surface area contributed by atoms with Crippen molar-refractivity contribution in [2.75, 3.05) is 17.2 Å². The molecule has 0 aliphatic heterocycles. The molecule has 2 aromatic rings. The van der Waals surface area contributed by atoms with Crippen LogP contribution in [0.5, 0.6) is 11.5 Å². The number of halogens is 2. The molecule has 0 heterocycles. The predicted octanol–water partition coefficient (Wildman–Crippen LogP) is 4.66. The lowest BCUT2D eigenvalue weighted by Gasteiger charge is -2.15. The molecule has 0 atom stereocenters. The van der Waals surface area contributed by atoms with Gasteiger partial charge in [-0.2, -0.15) is 8.78 Å². The Morgan fingerprint density at radius 2 is 1.89 bits per heavy atom. The van der Waals surface area contributed by atoms with Crippen molar-refractivity contribution in [1.29, 1.82) is 0 Å². The molecule has 1 fully saturated rings. The average molecular weight is 376 g/mol. The molecule has 2 N–H and O–H groups in total. The SMILES string of the molecule is O=C(CNc1cccc(OC2CCCC2)c1)Nc1ccccc1OC(F)F. The van der Waals surface area contributed by atoms with Gasteiger partial charge in [-0.3, -0.25) is 4.79 Å². The molecule has 1 aliphatic carbocycles. The summed E-state index contributed by atoms with van der Waals surface area (Å²) in [5.41, 5.74) is 0.945. The van der Waals surface area contributed by atoms with E-state index in [1.807, 2.05) is 24.3 Å². The van der Waals surface area contributed by atoms with E-state index in [9.17, 15) is 13.6 Å². The molecule has 1 amide bonds. The molecule has 0 unspecified atom stereocenters. The average Bonchev–Trinajstić information content (AvgIpc) is 3.15. The van der Waals surface area contributed by atoms with Crippen LogP contribution in [-0.4, -0.2) is 25.2 Å². The summed E-state index contributed by atoms with van der Waals surface area (Å²) < 4.78 is 35.2. The van der Waals surface area contributed by atoms with Crippen molar-refractivity contribution in [3.8, 4) is 11.5 Å². The number of carbonyl (C=O) groups is 1. The van der Waals surface area contributed by atoms with Crippen molar-refractivity contribution in [2.45, 2.75) is 38.4 Å². The monoisotopic (exact) mass is 376 g/mol. The number of rotatable bonds is 8. The molecule has 1 saturated carbocycles. The minimum atomic E-state index is -2.95. The second kappa shape index (κ2) is 9.21. The van der Waals surface area contributed by atoms with Gasteiger partial charge in [0.05, 0.1) is 18.3 Å². The van der Waals surface area contributed by atoms with E-state index in [-0.39, 0.29) is 30.0 Å². The molecule has 1 aliphatic rings. The minimum Gasteiger partial charge on any atom is -0.490 e. The van der Waals surface area contributed by atoms with Gasteiger partial charge in [-0.25, -0.2) is 0 Å². The lowest BCUT2D eigenvalue weighted by Crippen LogP contribution is -2.22. The van der Waals surface area contributed by atoms with Gasteiger partial charge in [0.25, 0.3) is 0 Å². The van der Waals surface area contributed by atoms with Crippen LogP contribution in [0.4, 0.5) is 20.2 Å². The first kappa shape index (κ1) is 18.9. The Bertz CT molecular complexity index is 764. The van der Waals surface area contributed by atoms with Crippen LogP contribution in [0.25, 0.3) is 0 Å². The highest BCUT2D eigenvalue weighted by Crippen LogP contribution is 2.27. The fourth-order valence-corrected chi connectivity index (χ4v) is 3.02. The molecule has 0 radical (unpaired) electrons. The Morgan fingerprint density at radius 1 is 1.11 bits per heavy atom. The smallest absolute Gasteiger partial charge is 0.387 e. The number of ether oxygens (including phenoxy) is 2. The maximum absolute atomic E-state index is 12.4. The summed E-state index contributed by atoms with van der Waals surface area (Å²) in [7, 11) is 0. The van der Waals surface area contributed by atoms with Gasteiger partial charge in [0.2, 0.25) is 5.91 Å². The molecule has 5 nitrogen and oxygen atoms in total. The first-order valence-electron chi connectivity index (χ1n) is 8.94. The Hall–Kier alpha value is -2.83. The molecule has 0 spiro atoms. The fourth-order valence-electron chi connectivity index (χ4n) is 3.02. The van der Waals surface area contributed by atoms with Crippen LogP contribution in [0.3, 0.4) is 0 Å². The summed E-state index contributed by atoms with van der Waals surface area (Å²) in [6, 6.07) is 13.5. The predicted molar refractivity (Wildman–Crippen MR) is 99.5 cm³/mol. The molecule has 2 aromatic carbocycles. The minimum absolute atomic E-state index is 0.0180. The van der Waals surface area contributed by atoms with E-state index < -0.39 is 6.61 Å². The second-order valence-corrected chi connectivity index (χ2v) is 6.33. The Balaban J connectivity index is 1.53. The molecule has 27 heavy (non-hydrogen) atoms. The quantitative estimate of drug-likeness (QED) is 0.704. The van der Waals surface area contributed by atoms with Gasteiger partial charge in [0, 0.05) is 11.8 Å². The van der Waals surface area contributed by atoms with E-state index in [0.717, 1.165) is 24.3 Å². The molecule has 7 heteroatoms. The van der Waals surface area contributed by atoms with E-state index in [0.29, 0.717) is 0 Å². The van der Waals surface area contributed by atoms with Gasteiger partial charge in [-0.15, -0.1) is 0 Å². The van der Waals surface area contributed by atoms with Crippen LogP contribution in [0, 0.1) is 0 Å². The van der Waals surface area contributed by atoms with Gasteiger partial charge in [-0.1, -0.05) is 18.2 Å². The lowest BCUT2D eigenvalue weighted by atomic mass is 10.2. The number of carbonyl (C=O) groups excluding carboxylic acids is 1. The summed E-state index contributed by atoms with van der Waals surface area (Å²) in [6.45, 7) is -2.97. The highest BCUT2D eigenvalue weighted by atomic mass is 19.3. The topological polar surface area (TPSA) is 59.6 Å². The van der Waals surface area contributed by atoms with E-state index in [4.69, 9.17) is 4.74 Å². The van der Waals surface area contributed by atoms with Crippen molar-refractivity contribution in [3.05, 3.63) is 48.5 Å². The molecule has 144 valence electrons. The third-order valence-electron chi connectivity index (χ3n) is 4.27. The molecular weight excluding hydrogens is 354 g/mol. The number of anilines is 2. The number of amides is 1. The zero-order valence-corrected chi connectivity index (χ0v) is 14.8. The number of nitrogens with one attached hydrogen (secondary N) is 2. The molecule has 0 bridgehead atoms. The highest BCUT2D eigenvalue weighted by molar-refractivity contribution is 5.95. The Morgan fingerprint density at radius 3 is 2.67 bits per heavy atom. The number of alkyl halides is 2. The van der Waals surface area contributed by atoms with E-state index >= 15 is 0 Å². The van der Waals surface area contributed by atoms with Crippen LogP contribution in [0.15, 0.2) is 48.5 Å². The van der Waals surface area contributed by atoms with Crippen LogP contribution < -0.4 is 20.1 Å². The summed E-state index contributed by atoms with van der Waals surface area (Å²) in [5.74, 6) is 0.318. The van der Waals surface area contributed by atoms with Crippen molar-refractivity contribution < 1.29 is 23.0 Å². The van der Waals surface area contributed by atoms with Crippen molar-refractivity contribution >= 4 is 17.3 Å². The number of hydrogen-bond donors (Lipinski definition) is 2. The number of para-hydroxylation sites is 2. The molecular formula is C20H22F2N2O3. The number of hydrogen-bond acceptors (Lipinski definition) is 4. The number of benzene rings is 2. The van der Waals surface area contributed by atoms with Crippen LogP contribution in [0.1, 0.15) is 25.7 Å². The maximum Gasteiger partial charge on any atom is 0.387 e. The van der Waals surface area contributed by atoms with E-state index in [1.54, 1.807) is 12.1 Å². The van der Waals surface area contributed by atoms with Crippen LogP contribution >= 0.6 is 0 Å². The molecule has 3 rings (SSSR count). The third-order valence-corrected chi connectivity index (χ3v) is 4.27. The Labute approximate surface area is 156 Å². The van der Waals surface area contributed by atoms with Crippen molar-refractivity contribution in [3.63, 3.8) is 0 Å². The highest BCUT2D eigenvalue weighted by Gasteiger charge is 2.16. The standard InChI is InChI=1S/C20H22F2N2O3/c21-20(22)27-18-11-4-3-10-17(18)24-19(25)13-23-14-6-5-9-16(12-14)26-15-7-1-2-8-15/h3-6,9-12,15,20,23H,1-2,7-8,13H2,(H,24,25). The first-order chi connectivity index (χ1) is 13.1. The summed E-state index contributed by atoms with van der Waals surface area (Å²) in [5, 5.41) is 5.58. The fraction of sp³-hybridized carbons (Fsp3) is 0.350. The van der Waals surface area contributed by atoms with E-state index in [1.165, 1.54) is 25.0 Å². The van der Waals surface area contributed by atoms with Crippen molar-refractivity contribution in [2.24, 2.45) is 0 Å². The van der Waals surface area contributed by atoms with Crippen LogP contribution in [-0.2, 0) is 4.79 Å². The van der Waals surface area contributed by atoms with Gasteiger partial charge in [-0.05, 0) is 49.9 Å². The Kier molecular flexibility index (Phi) is 6.46. The zero-order valence-electron chi connectivity index (χ0n) is 14.8. The largest absolute Gasteiger partial charge is 0.490 e. The maximum atomic E-state index is 12.4. The molecule has 0 aromatic heterocycles. The van der Waals surface area contributed by atoms with Gasteiger partial charge in [0.15, 0.2) is 0 Å². The summed E-state index contributed by atoms with van der Waals surface area (Å²) in [4.78, 5) is 12.1. The molecule has 0 saturated heterocycles. The summed E-state index contributed by atoms with van der Waals surface area (Å²) >= 11 is 0. The normalized spacial score (nSPS) is 14.2. The van der Waals surface area contributed by atoms with Gasteiger partial charge < -0.3 is 20.1 Å². The third kappa shape index (κ3) is 5.84. The van der Waals surface area contributed by atoms with Crippen molar-refractivity contribution in [1.82, 2.24) is 0 Å². The van der Waals surface area contributed by atoms with Gasteiger partial charge in [0.1, 0.15) is 11.5 Å². The lowest BCUT2D eigenvalue weighted by molar-refractivity contribution is -0.114. The van der Waals surface area contributed by atoms with Crippen LogP contribution in [0.2, 0.25) is 0 Å². The first-order valence-corrected chi connectivity index (χ1v) is 8.94.